The minimum absolute atomic E-state index is 0.0131. The van der Waals surface area contributed by atoms with Crippen molar-refractivity contribution < 1.29 is 23.8 Å². The molecule has 0 aromatic carbocycles. The van der Waals surface area contributed by atoms with Crippen LogP contribution in [0.15, 0.2) is 0 Å². The van der Waals surface area contributed by atoms with E-state index in [1.54, 1.807) is 6.92 Å². The number of hydrogen-bond donors (Lipinski definition) is 2. The third-order valence-corrected chi connectivity index (χ3v) is 2.79. The summed E-state index contributed by atoms with van der Waals surface area (Å²) in [6.45, 7) is 5.25. The summed E-state index contributed by atoms with van der Waals surface area (Å²) in [7, 11) is 0. The molecule has 0 heterocycles. The molecule has 0 aromatic heterocycles. The number of rotatable bonds is 15. The highest BCUT2D eigenvalue weighted by Crippen LogP contribution is 2.04. The molecular formula is C15H30N2O5. The van der Waals surface area contributed by atoms with Gasteiger partial charge in [-0.25, -0.2) is 0 Å². The molecule has 130 valence electrons. The van der Waals surface area contributed by atoms with Crippen molar-refractivity contribution in [1.29, 1.82) is 0 Å². The number of amides is 1. The summed E-state index contributed by atoms with van der Waals surface area (Å²) in [5, 5.41) is 2.79. The minimum atomic E-state index is -0.167. The van der Waals surface area contributed by atoms with Crippen LogP contribution in [0.2, 0.25) is 0 Å². The molecule has 0 saturated heterocycles. The van der Waals surface area contributed by atoms with Crippen LogP contribution in [0.3, 0.4) is 0 Å². The molecule has 22 heavy (non-hydrogen) atoms. The third-order valence-electron chi connectivity index (χ3n) is 2.79. The molecule has 1 amide bonds. The molecule has 0 bridgehead atoms. The molecular weight excluding hydrogens is 288 g/mol. The van der Waals surface area contributed by atoms with Gasteiger partial charge in [0.15, 0.2) is 0 Å². The average Bonchev–Trinajstić information content (AvgIpc) is 2.50. The summed E-state index contributed by atoms with van der Waals surface area (Å²) in [6.07, 6.45) is 3.29. The lowest BCUT2D eigenvalue weighted by Crippen LogP contribution is -2.27. The summed E-state index contributed by atoms with van der Waals surface area (Å²) in [4.78, 5) is 22.6. The van der Waals surface area contributed by atoms with E-state index in [0.717, 1.165) is 19.3 Å². The second-order valence-corrected chi connectivity index (χ2v) is 4.73. The molecule has 3 N–H and O–H groups in total. The summed E-state index contributed by atoms with van der Waals surface area (Å²) in [6, 6.07) is 0. The van der Waals surface area contributed by atoms with Crippen LogP contribution < -0.4 is 11.1 Å². The zero-order chi connectivity index (χ0) is 16.5. The minimum Gasteiger partial charge on any atom is -0.466 e. The van der Waals surface area contributed by atoms with Crippen LogP contribution >= 0.6 is 0 Å². The fourth-order valence-corrected chi connectivity index (χ4v) is 1.72. The van der Waals surface area contributed by atoms with Crippen molar-refractivity contribution in [3.63, 3.8) is 0 Å². The first kappa shape index (κ1) is 20.8. The van der Waals surface area contributed by atoms with Gasteiger partial charge in [-0.1, -0.05) is 6.42 Å². The smallest absolute Gasteiger partial charge is 0.305 e. The monoisotopic (exact) mass is 318 g/mol. The van der Waals surface area contributed by atoms with E-state index in [4.69, 9.17) is 19.9 Å². The Labute approximate surface area is 132 Å². The maximum absolute atomic E-state index is 11.5. The van der Waals surface area contributed by atoms with Gasteiger partial charge in [-0.3, -0.25) is 9.59 Å². The Morgan fingerprint density at radius 1 is 0.955 bits per heavy atom. The van der Waals surface area contributed by atoms with Gasteiger partial charge in [0.2, 0.25) is 5.91 Å². The largest absolute Gasteiger partial charge is 0.466 e. The van der Waals surface area contributed by atoms with Gasteiger partial charge in [0.25, 0.3) is 0 Å². The molecule has 0 spiro atoms. The van der Waals surface area contributed by atoms with Gasteiger partial charge in [-0.05, 0) is 19.8 Å². The first-order valence-electron chi connectivity index (χ1n) is 7.98. The van der Waals surface area contributed by atoms with E-state index in [0.29, 0.717) is 59.0 Å². The van der Waals surface area contributed by atoms with Crippen LogP contribution in [0.1, 0.15) is 39.0 Å². The van der Waals surface area contributed by atoms with Crippen molar-refractivity contribution in [2.75, 3.05) is 46.1 Å². The number of unbranched alkanes of at least 4 members (excludes halogenated alkanes) is 2. The van der Waals surface area contributed by atoms with Gasteiger partial charge in [0.05, 0.1) is 33.0 Å². The fourth-order valence-electron chi connectivity index (χ4n) is 1.72. The molecule has 7 nitrogen and oxygen atoms in total. The first-order chi connectivity index (χ1) is 10.7. The Morgan fingerprint density at radius 3 is 2.32 bits per heavy atom. The van der Waals surface area contributed by atoms with Crippen molar-refractivity contribution in [3.8, 4) is 0 Å². The Morgan fingerprint density at radius 2 is 1.64 bits per heavy atom. The summed E-state index contributed by atoms with van der Waals surface area (Å²) in [5.74, 6) is -0.154. The average molecular weight is 318 g/mol. The molecule has 0 aliphatic heterocycles. The van der Waals surface area contributed by atoms with Crippen LogP contribution in [0.5, 0.6) is 0 Å². The van der Waals surface area contributed by atoms with Crippen LogP contribution in [-0.2, 0) is 23.8 Å². The molecule has 0 fully saturated rings. The predicted octanol–water partition coefficient (Wildman–Crippen LogP) is 0.608. The normalized spacial score (nSPS) is 10.5. The van der Waals surface area contributed by atoms with Gasteiger partial charge in [0, 0.05) is 25.9 Å². The van der Waals surface area contributed by atoms with E-state index in [2.05, 4.69) is 5.32 Å². The zero-order valence-electron chi connectivity index (χ0n) is 13.6. The number of ether oxygens (including phenoxy) is 3. The number of nitrogens with two attached hydrogens (primary N) is 1. The predicted molar refractivity (Wildman–Crippen MR) is 83.4 cm³/mol. The van der Waals surface area contributed by atoms with E-state index < -0.39 is 0 Å². The van der Waals surface area contributed by atoms with Crippen LogP contribution in [-0.4, -0.2) is 58.0 Å². The summed E-state index contributed by atoms with van der Waals surface area (Å²) < 4.78 is 15.3. The number of esters is 1. The highest BCUT2D eigenvalue weighted by molar-refractivity contribution is 5.75. The SMILES string of the molecule is CCOC(=O)CCCCCC(=O)NCCOCCOCCN. The molecule has 0 aliphatic rings. The van der Waals surface area contributed by atoms with Crippen LogP contribution in [0.4, 0.5) is 0 Å². The van der Waals surface area contributed by atoms with E-state index in [9.17, 15) is 9.59 Å². The van der Waals surface area contributed by atoms with E-state index in [1.807, 2.05) is 0 Å². The molecule has 0 saturated carbocycles. The molecule has 0 unspecified atom stereocenters. The highest BCUT2D eigenvalue weighted by atomic mass is 16.5. The van der Waals surface area contributed by atoms with E-state index >= 15 is 0 Å². The third kappa shape index (κ3) is 15.2. The van der Waals surface area contributed by atoms with E-state index in [1.165, 1.54) is 0 Å². The number of hydrogen-bond acceptors (Lipinski definition) is 6. The van der Waals surface area contributed by atoms with E-state index in [-0.39, 0.29) is 11.9 Å². The van der Waals surface area contributed by atoms with Crippen molar-refractivity contribution >= 4 is 11.9 Å². The molecule has 0 atom stereocenters. The Kier molecular flexibility index (Phi) is 15.3. The molecule has 7 heteroatoms. The van der Waals surface area contributed by atoms with Gasteiger partial charge in [-0.15, -0.1) is 0 Å². The topological polar surface area (TPSA) is 99.9 Å². The second-order valence-electron chi connectivity index (χ2n) is 4.73. The fraction of sp³-hybridized carbons (Fsp3) is 0.867. The lowest BCUT2D eigenvalue weighted by atomic mass is 10.1. The maximum Gasteiger partial charge on any atom is 0.305 e. The first-order valence-corrected chi connectivity index (χ1v) is 7.98. The maximum atomic E-state index is 11.5. The van der Waals surface area contributed by atoms with Crippen molar-refractivity contribution in [2.24, 2.45) is 5.73 Å². The lowest BCUT2D eigenvalue weighted by molar-refractivity contribution is -0.143. The second kappa shape index (κ2) is 16.2. The van der Waals surface area contributed by atoms with Crippen molar-refractivity contribution in [3.05, 3.63) is 0 Å². The Hall–Kier alpha value is -1.18. The van der Waals surface area contributed by atoms with Gasteiger partial charge < -0.3 is 25.3 Å². The quantitative estimate of drug-likeness (QED) is 0.339. The lowest BCUT2D eigenvalue weighted by Gasteiger charge is -2.07. The Bertz CT molecular complexity index is 287. The van der Waals surface area contributed by atoms with Crippen LogP contribution in [0, 0.1) is 0 Å². The summed E-state index contributed by atoms with van der Waals surface area (Å²) >= 11 is 0. The van der Waals surface area contributed by atoms with Crippen molar-refractivity contribution in [1.82, 2.24) is 5.32 Å². The highest BCUT2D eigenvalue weighted by Gasteiger charge is 2.03. The molecule has 0 aromatic rings. The number of carbonyl (C=O) groups excluding carboxylic acids is 2. The number of carbonyl (C=O) groups is 2. The van der Waals surface area contributed by atoms with Crippen LogP contribution in [0.25, 0.3) is 0 Å². The van der Waals surface area contributed by atoms with Gasteiger partial charge in [0.1, 0.15) is 0 Å². The zero-order valence-corrected chi connectivity index (χ0v) is 13.6. The van der Waals surface area contributed by atoms with Gasteiger partial charge >= 0.3 is 5.97 Å². The standard InChI is InChI=1S/C15H30N2O5/c1-2-22-15(19)7-5-3-4-6-14(18)17-9-11-21-13-12-20-10-8-16/h2-13,16H2,1H3,(H,17,18). The molecule has 0 radical (unpaired) electrons. The molecule has 0 rings (SSSR count). The molecule has 0 aliphatic carbocycles. The van der Waals surface area contributed by atoms with Gasteiger partial charge in [-0.2, -0.15) is 0 Å². The summed E-state index contributed by atoms with van der Waals surface area (Å²) in [5.41, 5.74) is 5.28. The number of nitrogens with one attached hydrogen (secondary N) is 1. The van der Waals surface area contributed by atoms with Crippen molar-refractivity contribution in [2.45, 2.75) is 39.0 Å². The Balaban J connectivity index is 3.24.